The van der Waals surface area contributed by atoms with Gasteiger partial charge in [0.1, 0.15) is 13.2 Å². The maximum atomic E-state index is 12.9. The molecule has 0 aliphatic carbocycles. The Morgan fingerprint density at radius 3 is 0.641 bits per heavy atom. The summed E-state index contributed by atoms with van der Waals surface area (Å²) in [6.45, 7) is 6.69. The second-order valence-corrected chi connectivity index (χ2v) is 24.5. The molecule has 0 aliphatic rings. The Balaban J connectivity index is 3.99. The molecule has 0 heterocycles. The zero-order valence-electron chi connectivity index (χ0n) is 53.2. The number of esters is 3. The molecule has 6 nitrogen and oxygen atoms in total. The van der Waals surface area contributed by atoms with Crippen molar-refractivity contribution in [1.29, 1.82) is 0 Å². The first-order valence-electron chi connectivity index (χ1n) is 35.7. The lowest BCUT2D eigenvalue weighted by Crippen LogP contribution is -2.30. The van der Waals surface area contributed by atoms with Gasteiger partial charge in [-0.15, -0.1) is 0 Å². The van der Waals surface area contributed by atoms with Crippen LogP contribution in [-0.2, 0) is 28.6 Å². The third kappa shape index (κ3) is 65.0. The molecule has 462 valence electrons. The molecule has 0 aliphatic heterocycles. The van der Waals surface area contributed by atoms with Crippen LogP contribution < -0.4 is 0 Å². The number of hydrogen-bond donors (Lipinski definition) is 0. The molecular formula is C72H138O6. The van der Waals surface area contributed by atoms with Gasteiger partial charge >= 0.3 is 17.9 Å². The van der Waals surface area contributed by atoms with Crippen molar-refractivity contribution in [3.8, 4) is 0 Å². The van der Waals surface area contributed by atoms with E-state index in [0.29, 0.717) is 19.3 Å². The van der Waals surface area contributed by atoms with E-state index in [1.807, 2.05) is 0 Å². The van der Waals surface area contributed by atoms with E-state index in [1.54, 1.807) is 0 Å². The molecule has 0 saturated carbocycles. The van der Waals surface area contributed by atoms with Gasteiger partial charge in [-0.3, -0.25) is 14.4 Å². The fraction of sp³-hybridized carbons (Fsp3) is 0.931. The van der Waals surface area contributed by atoms with Crippen LogP contribution in [0.4, 0.5) is 0 Å². The number of unbranched alkanes of at least 4 members (excludes halogenated alkanes) is 54. The number of ether oxygens (including phenoxy) is 3. The highest BCUT2D eigenvalue weighted by molar-refractivity contribution is 5.71. The molecule has 0 fully saturated rings. The Morgan fingerprint density at radius 1 is 0.244 bits per heavy atom. The summed E-state index contributed by atoms with van der Waals surface area (Å²) in [5.41, 5.74) is 0. The molecule has 0 amide bonds. The summed E-state index contributed by atoms with van der Waals surface area (Å²) in [6.07, 6.45) is 81.3. The summed E-state index contributed by atoms with van der Waals surface area (Å²) in [4.78, 5) is 38.2. The van der Waals surface area contributed by atoms with Gasteiger partial charge in [-0.2, -0.15) is 0 Å². The Bertz CT molecular complexity index is 1210. The van der Waals surface area contributed by atoms with Crippen molar-refractivity contribution in [3.63, 3.8) is 0 Å². The first kappa shape index (κ1) is 76.1. The van der Waals surface area contributed by atoms with E-state index in [0.717, 1.165) is 57.8 Å². The fourth-order valence-electron chi connectivity index (χ4n) is 11.2. The van der Waals surface area contributed by atoms with E-state index >= 15 is 0 Å². The van der Waals surface area contributed by atoms with Crippen molar-refractivity contribution in [3.05, 3.63) is 12.2 Å². The van der Waals surface area contributed by atoms with Gasteiger partial charge in [0.05, 0.1) is 0 Å². The van der Waals surface area contributed by atoms with Crippen molar-refractivity contribution in [2.75, 3.05) is 13.2 Å². The van der Waals surface area contributed by atoms with Gasteiger partial charge in [-0.25, -0.2) is 0 Å². The topological polar surface area (TPSA) is 78.9 Å². The minimum atomic E-state index is -0.767. The van der Waals surface area contributed by atoms with Crippen LogP contribution in [0.5, 0.6) is 0 Å². The number of carbonyl (C=O) groups is 3. The summed E-state index contributed by atoms with van der Waals surface area (Å²) in [7, 11) is 0. The van der Waals surface area contributed by atoms with Crippen LogP contribution in [0.25, 0.3) is 0 Å². The third-order valence-corrected chi connectivity index (χ3v) is 16.5. The Morgan fingerprint density at radius 2 is 0.423 bits per heavy atom. The minimum Gasteiger partial charge on any atom is -0.462 e. The van der Waals surface area contributed by atoms with Crippen LogP contribution in [0, 0.1) is 0 Å². The zero-order valence-corrected chi connectivity index (χ0v) is 53.2. The SMILES string of the molecule is CCCCCCCCC/C=C\CCCCCCCCCC(=O)OC(COC(=O)CCCCCCCCCCC)COC(=O)CCCCCCCCCCCCCCCCCCCCCCCCCCCCCCCCCCC. The average molecular weight is 1100 g/mol. The molecule has 1 unspecified atom stereocenters. The number of hydrogen-bond acceptors (Lipinski definition) is 6. The normalized spacial score (nSPS) is 12.0. The molecule has 78 heavy (non-hydrogen) atoms. The average Bonchev–Trinajstić information content (AvgIpc) is 3.44. The highest BCUT2D eigenvalue weighted by Crippen LogP contribution is 2.19. The Hall–Kier alpha value is -1.85. The predicted octanol–water partition coefficient (Wildman–Crippen LogP) is 24.4. The second kappa shape index (κ2) is 67.7. The summed E-state index contributed by atoms with van der Waals surface area (Å²) < 4.78 is 16.9. The third-order valence-electron chi connectivity index (χ3n) is 16.5. The van der Waals surface area contributed by atoms with Crippen molar-refractivity contribution < 1.29 is 28.6 Å². The van der Waals surface area contributed by atoms with Crippen LogP contribution in [0.1, 0.15) is 412 Å². The maximum absolute atomic E-state index is 12.9. The van der Waals surface area contributed by atoms with Gasteiger partial charge in [0.2, 0.25) is 0 Å². The van der Waals surface area contributed by atoms with E-state index in [2.05, 4.69) is 32.9 Å². The number of carbonyl (C=O) groups excluding carboxylic acids is 3. The summed E-state index contributed by atoms with van der Waals surface area (Å²) in [5.74, 6) is -0.843. The van der Waals surface area contributed by atoms with Crippen LogP contribution in [0.3, 0.4) is 0 Å². The molecule has 6 heteroatoms. The van der Waals surface area contributed by atoms with Gasteiger partial charge in [0.15, 0.2) is 6.10 Å². The van der Waals surface area contributed by atoms with Gasteiger partial charge in [0.25, 0.3) is 0 Å². The first-order chi connectivity index (χ1) is 38.5. The van der Waals surface area contributed by atoms with E-state index in [4.69, 9.17) is 14.2 Å². The number of rotatable bonds is 67. The Kier molecular flexibility index (Phi) is 66.0. The van der Waals surface area contributed by atoms with Crippen LogP contribution in [0.2, 0.25) is 0 Å². The smallest absolute Gasteiger partial charge is 0.306 e. The first-order valence-corrected chi connectivity index (χ1v) is 35.7. The maximum Gasteiger partial charge on any atom is 0.306 e. The highest BCUT2D eigenvalue weighted by Gasteiger charge is 2.19. The van der Waals surface area contributed by atoms with Crippen molar-refractivity contribution in [1.82, 2.24) is 0 Å². The fourth-order valence-corrected chi connectivity index (χ4v) is 11.2. The standard InChI is InChI=1S/C72H138O6/c1-4-7-10-13-16-19-21-23-25-27-29-30-31-32-33-34-35-36-37-38-39-40-41-42-43-45-46-48-50-53-56-59-62-65-71(74)77-68-69(67-76-70(73)64-61-58-55-52-18-15-12-9-6-3)78-72(75)66-63-60-57-54-51-49-47-44-28-26-24-22-20-17-14-11-8-5-2/h26,28,69H,4-25,27,29-68H2,1-3H3/b28-26-. The number of allylic oxidation sites excluding steroid dienone is 2. The van der Waals surface area contributed by atoms with Crippen molar-refractivity contribution in [2.24, 2.45) is 0 Å². The molecule has 1 atom stereocenters. The van der Waals surface area contributed by atoms with E-state index < -0.39 is 6.10 Å². The van der Waals surface area contributed by atoms with Crippen molar-refractivity contribution >= 4 is 17.9 Å². The minimum absolute atomic E-state index is 0.0656. The molecule has 0 radical (unpaired) electrons. The molecule has 0 spiro atoms. The van der Waals surface area contributed by atoms with Gasteiger partial charge < -0.3 is 14.2 Å². The molecule has 0 aromatic rings. The predicted molar refractivity (Wildman–Crippen MR) is 340 cm³/mol. The van der Waals surface area contributed by atoms with E-state index in [1.165, 1.54) is 315 Å². The Labute approximate surface area is 488 Å². The van der Waals surface area contributed by atoms with Gasteiger partial charge in [-0.05, 0) is 44.9 Å². The van der Waals surface area contributed by atoms with E-state index in [9.17, 15) is 14.4 Å². The molecule has 0 saturated heterocycles. The van der Waals surface area contributed by atoms with Crippen LogP contribution >= 0.6 is 0 Å². The largest absolute Gasteiger partial charge is 0.462 e. The van der Waals surface area contributed by atoms with Gasteiger partial charge in [-0.1, -0.05) is 360 Å². The molecule has 0 bridgehead atoms. The molecule has 0 N–H and O–H groups in total. The second-order valence-electron chi connectivity index (χ2n) is 24.5. The van der Waals surface area contributed by atoms with E-state index in [-0.39, 0.29) is 31.1 Å². The summed E-state index contributed by atoms with van der Waals surface area (Å²) >= 11 is 0. The summed E-state index contributed by atoms with van der Waals surface area (Å²) in [6, 6.07) is 0. The summed E-state index contributed by atoms with van der Waals surface area (Å²) in [5, 5.41) is 0. The quantitative estimate of drug-likeness (QED) is 0.0261. The van der Waals surface area contributed by atoms with Crippen LogP contribution in [-0.4, -0.2) is 37.2 Å². The zero-order chi connectivity index (χ0) is 56.4. The van der Waals surface area contributed by atoms with Crippen molar-refractivity contribution in [2.45, 2.75) is 419 Å². The molecule has 0 aromatic heterocycles. The molecule has 0 aromatic carbocycles. The lowest BCUT2D eigenvalue weighted by atomic mass is 10.0. The monoisotopic (exact) mass is 1100 g/mol. The van der Waals surface area contributed by atoms with Crippen LogP contribution in [0.15, 0.2) is 12.2 Å². The highest BCUT2D eigenvalue weighted by atomic mass is 16.6. The van der Waals surface area contributed by atoms with Gasteiger partial charge in [0, 0.05) is 19.3 Å². The lowest BCUT2D eigenvalue weighted by Gasteiger charge is -2.18. The molecule has 0 rings (SSSR count). The molecular weight excluding hydrogens is 961 g/mol. The lowest BCUT2D eigenvalue weighted by molar-refractivity contribution is -0.167.